The van der Waals surface area contributed by atoms with Crippen LogP contribution in [0.4, 0.5) is 4.39 Å². The Balaban J connectivity index is 2.18. The van der Waals surface area contributed by atoms with Gasteiger partial charge in [0.25, 0.3) is 0 Å². The van der Waals surface area contributed by atoms with Gasteiger partial charge in [-0.2, -0.15) is 0 Å². The van der Waals surface area contributed by atoms with Crippen LogP contribution in [0.2, 0.25) is 5.02 Å². The maximum Gasteiger partial charge on any atom is 0.126 e. The quantitative estimate of drug-likeness (QED) is 0.927. The molecule has 90 valence electrons. The fraction of sp³-hybridized carbons (Fsp3) is 0.250. The van der Waals surface area contributed by atoms with Gasteiger partial charge in [0.15, 0.2) is 0 Å². The van der Waals surface area contributed by atoms with E-state index in [0.717, 1.165) is 9.88 Å². The standard InChI is InChI=1S/C12H12ClFN2S/c1-7-16-6-12(17-7)11(15)5-8-4-9(13)2-3-10(8)14/h2-4,6,11H,5,15H2,1H3. The molecule has 0 saturated heterocycles. The van der Waals surface area contributed by atoms with Crippen LogP contribution in [0.15, 0.2) is 24.4 Å². The highest BCUT2D eigenvalue weighted by Crippen LogP contribution is 2.24. The molecule has 1 atom stereocenters. The topological polar surface area (TPSA) is 38.9 Å². The van der Waals surface area contributed by atoms with Crippen molar-refractivity contribution in [2.24, 2.45) is 5.73 Å². The minimum atomic E-state index is -0.272. The highest BCUT2D eigenvalue weighted by molar-refractivity contribution is 7.11. The number of nitrogens with two attached hydrogens (primary N) is 1. The van der Waals surface area contributed by atoms with Crippen molar-refractivity contribution in [2.75, 3.05) is 0 Å². The summed E-state index contributed by atoms with van der Waals surface area (Å²) in [6.07, 6.45) is 2.17. The first kappa shape index (κ1) is 12.5. The predicted molar refractivity (Wildman–Crippen MR) is 68.9 cm³/mol. The first-order valence-electron chi connectivity index (χ1n) is 5.18. The number of hydrogen-bond acceptors (Lipinski definition) is 3. The van der Waals surface area contributed by atoms with Crippen LogP contribution in [0.3, 0.4) is 0 Å². The largest absolute Gasteiger partial charge is 0.323 e. The molecule has 5 heteroatoms. The van der Waals surface area contributed by atoms with Gasteiger partial charge >= 0.3 is 0 Å². The molecule has 0 aliphatic carbocycles. The average Bonchev–Trinajstić information content (AvgIpc) is 2.70. The van der Waals surface area contributed by atoms with Crippen LogP contribution in [0.5, 0.6) is 0 Å². The van der Waals surface area contributed by atoms with Crippen molar-refractivity contribution < 1.29 is 4.39 Å². The van der Waals surface area contributed by atoms with Crippen LogP contribution >= 0.6 is 22.9 Å². The predicted octanol–water partition coefficient (Wildman–Crippen LogP) is 3.49. The number of nitrogens with zero attached hydrogens (tertiary/aromatic N) is 1. The third-order valence-corrected chi connectivity index (χ3v) is 3.73. The van der Waals surface area contributed by atoms with Gasteiger partial charge in [0.2, 0.25) is 0 Å². The van der Waals surface area contributed by atoms with E-state index in [1.165, 1.54) is 23.5 Å². The average molecular weight is 271 g/mol. The molecular formula is C12H12ClFN2S. The highest BCUT2D eigenvalue weighted by atomic mass is 35.5. The van der Waals surface area contributed by atoms with Crippen LogP contribution in [0, 0.1) is 12.7 Å². The van der Waals surface area contributed by atoms with Crippen LogP contribution in [-0.4, -0.2) is 4.98 Å². The molecule has 1 heterocycles. The minimum Gasteiger partial charge on any atom is -0.323 e. The van der Waals surface area contributed by atoms with Crippen molar-refractivity contribution >= 4 is 22.9 Å². The normalized spacial score (nSPS) is 12.7. The van der Waals surface area contributed by atoms with Crippen molar-refractivity contribution in [2.45, 2.75) is 19.4 Å². The van der Waals surface area contributed by atoms with Crippen molar-refractivity contribution in [3.05, 3.63) is 50.7 Å². The number of aromatic nitrogens is 1. The third kappa shape index (κ3) is 3.03. The molecule has 0 saturated carbocycles. The molecule has 1 aromatic carbocycles. The Morgan fingerprint density at radius 3 is 2.94 bits per heavy atom. The number of rotatable bonds is 3. The van der Waals surface area contributed by atoms with Crippen LogP contribution in [0.25, 0.3) is 0 Å². The van der Waals surface area contributed by atoms with E-state index in [9.17, 15) is 4.39 Å². The van der Waals surface area contributed by atoms with Crippen LogP contribution in [-0.2, 0) is 6.42 Å². The Morgan fingerprint density at radius 2 is 2.29 bits per heavy atom. The smallest absolute Gasteiger partial charge is 0.126 e. The van der Waals surface area contributed by atoms with E-state index >= 15 is 0 Å². The fourth-order valence-electron chi connectivity index (χ4n) is 1.59. The summed E-state index contributed by atoms with van der Waals surface area (Å²) in [6.45, 7) is 1.92. The zero-order valence-corrected chi connectivity index (χ0v) is 10.9. The summed E-state index contributed by atoms with van der Waals surface area (Å²) >= 11 is 7.37. The van der Waals surface area contributed by atoms with Gasteiger partial charge in [-0.3, -0.25) is 0 Å². The maximum atomic E-state index is 13.5. The summed E-state index contributed by atoms with van der Waals surface area (Å²) in [5, 5.41) is 1.48. The van der Waals surface area contributed by atoms with Gasteiger partial charge in [0, 0.05) is 22.1 Å². The molecule has 0 bridgehead atoms. The first-order valence-corrected chi connectivity index (χ1v) is 6.37. The summed E-state index contributed by atoms with van der Waals surface area (Å²) in [7, 11) is 0. The molecule has 0 fully saturated rings. The molecule has 0 aliphatic rings. The molecule has 0 amide bonds. The number of halogens is 2. The Bertz CT molecular complexity index is 527. The first-order chi connectivity index (χ1) is 8.06. The summed E-state index contributed by atoms with van der Waals surface area (Å²) in [5.74, 6) is -0.272. The van der Waals surface area contributed by atoms with Gasteiger partial charge < -0.3 is 5.73 Å². The molecule has 2 aromatic rings. The molecule has 17 heavy (non-hydrogen) atoms. The second kappa shape index (κ2) is 5.12. The summed E-state index contributed by atoms with van der Waals surface area (Å²) in [4.78, 5) is 5.10. The van der Waals surface area contributed by atoms with Gasteiger partial charge in [-0.05, 0) is 37.1 Å². The Morgan fingerprint density at radius 1 is 1.53 bits per heavy atom. The summed E-state index contributed by atoms with van der Waals surface area (Å²) in [5.41, 5.74) is 6.56. The Hall–Kier alpha value is -0.970. The molecule has 2 nitrogen and oxygen atoms in total. The molecule has 0 radical (unpaired) electrons. The number of aryl methyl sites for hydroxylation is 1. The molecule has 1 aromatic heterocycles. The minimum absolute atomic E-state index is 0.242. The Labute approximate surface area is 108 Å². The van der Waals surface area contributed by atoms with E-state index in [-0.39, 0.29) is 11.9 Å². The molecule has 1 unspecified atom stereocenters. The molecule has 2 N–H and O–H groups in total. The molecule has 2 rings (SSSR count). The Kier molecular flexibility index (Phi) is 3.76. The van der Waals surface area contributed by atoms with Gasteiger partial charge in [-0.25, -0.2) is 9.37 Å². The highest BCUT2D eigenvalue weighted by Gasteiger charge is 2.13. The summed E-state index contributed by atoms with van der Waals surface area (Å²) < 4.78 is 13.5. The van der Waals surface area contributed by atoms with Gasteiger partial charge in [-0.1, -0.05) is 11.6 Å². The second-order valence-electron chi connectivity index (χ2n) is 3.83. The molecular weight excluding hydrogens is 259 g/mol. The number of hydrogen-bond donors (Lipinski definition) is 1. The lowest BCUT2D eigenvalue weighted by Crippen LogP contribution is -2.12. The maximum absolute atomic E-state index is 13.5. The lowest BCUT2D eigenvalue weighted by Gasteiger charge is -2.10. The van der Waals surface area contributed by atoms with Crippen molar-refractivity contribution in [1.29, 1.82) is 0 Å². The van der Waals surface area contributed by atoms with E-state index in [1.807, 2.05) is 6.92 Å². The number of benzene rings is 1. The summed E-state index contributed by atoms with van der Waals surface area (Å²) in [6, 6.07) is 4.27. The van der Waals surface area contributed by atoms with Gasteiger partial charge in [-0.15, -0.1) is 11.3 Å². The zero-order valence-electron chi connectivity index (χ0n) is 9.28. The SMILES string of the molecule is Cc1ncc(C(N)Cc2cc(Cl)ccc2F)s1. The van der Waals surface area contributed by atoms with Crippen molar-refractivity contribution in [3.8, 4) is 0 Å². The van der Waals surface area contributed by atoms with E-state index in [4.69, 9.17) is 17.3 Å². The van der Waals surface area contributed by atoms with Gasteiger partial charge in [0.05, 0.1) is 5.01 Å². The van der Waals surface area contributed by atoms with Crippen molar-refractivity contribution in [1.82, 2.24) is 4.98 Å². The lowest BCUT2D eigenvalue weighted by atomic mass is 10.1. The molecule has 0 aliphatic heterocycles. The number of thiazole rings is 1. The van der Waals surface area contributed by atoms with Crippen LogP contribution < -0.4 is 5.73 Å². The zero-order chi connectivity index (χ0) is 12.4. The van der Waals surface area contributed by atoms with E-state index in [0.29, 0.717) is 17.0 Å². The van der Waals surface area contributed by atoms with E-state index in [1.54, 1.807) is 12.3 Å². The van der Waals surface area contributed by atoms with Crippen LogP contribution in [0.1, 0.15) is 21.5 Å². The molecule has 0 spiro atoms. The van der Waals surface area contributed by atoms with Gasteiger partial charge in [0.1, 0.15) is 5.82 Å². The second-order valence-corrected chi connectivity index (χ2v) is 5.53. The lowest BCUT2D eigenvalue weighted by molar-refractivity contribution is 0.595. The third-order valence-electron chi connectivity index (χ3n) is 2.45. The van der Waals surface area contributed by atoms with E-state index in [2.05, 4.69) is 4.98 Å². The monoisotopic (exact) mass is 270 g/mol. The fourth-order valence-corrected chi connectivity index (χ4v) is 2.57. The van der Waals surface area contributed by atoms with E-state index < -0.39 is 0 Å². The van der Waals surface area contributed by atoms with Crippen molar-refractivity contribution in [3.63, 3.8) is 0 Å².